The Morgan fingerprint density at radius 3 is 2.90 bits per heavy atom. The monoisotopic (exact) mass is 271 g/mol. The number of carbonyl (C=O) groups is 1. The highest BCUT2D eigenvalue weighted by atomic mass is 16.2. The van der Waals surface area contributed by atoms with Gasteiger partial charge < -0.3 is 4.90 Å². The summed E-state index contributed by atoms with van der Waals surface area (Å²) in [6.45, 7) is 5.11. The Hall–Kier alpha value is -2.24. The molecule has 0 aromatic carbocycles. The third-order valence-corrected chi connectivity index (χ3v) is 3.53. The van der Waals surface area contributed by atoms with Crippen molar-refractivity contribution >= 4 is 5.91 Å². The summed E-state index contributed by atoms with van der Waals surface area (Å²) in [5.41, 5.74) is 1.31. The van der Waals surface area contributed by atoms with E-state index in [0.29, 0.717) is 18.1 Å². The minimum atomic E-state index is -0.0201. The molecule has 3 heterocycles. The molecule has 0 spiro atoms. The van der Waals surface area contributed by atoms with Crippen LogP contribution in [0.2, 0.25) is 0 Å². The minimum absolute atomic E-state index is 0.0201. The highest BCUT2D eigenvalue weighted by Crippen LogP contribution is 2.22. The Bertz CT molecular complexity index is 602. The first kappa shape index (κ1) is 12.8. The SMILES string of the molecule is Cc1cc(C(=O)N2CCC(n3cccn3)C2)nc(C)n1. The van der Waals surface area contributed by atoms with Crippen LogP contribution in [-0.2, 0) is 0 Å². The van der Waals surface area contributed by atoms with Crippen molar-refractivity contribution < 1.29 is 4.79 Å². The molecule has 0 aliphatic carbocycles. The Labute approximate surface area is 117 Å². The molecule has 0 saturated carbocycles. The maximum Gasteiger partial charge on any atom is 0.272 e. The number of likely N-dealkylation sites (tertiary alicyclic amines) is 1. The van der Waals surface area contributed by atoms with Gasteiger partial charge in [0.2, 0.25) is 0 Å². The third-order valence-electron chi connectivity index (χ3n) is 3.53. The summed E-state index contributed by atoms with van der Waals surface area (Å²) in [5.74, 6) is 0.615. The van der Waals surface area contributed by atoms with Crippen LogP contribution in [0.4, 0.5) is 0 Å². The molecule has 6 nitrogen and oxygen atoms in total. The second-order valence-electron chi connectivity index (χ2n) is 5.12. The lowest BCUT2D eigenvalue weighted by Gasteiger charge is -2.16. The van der Waals surface area contributed by atoms with Gasteiger partial charge in [-0.15, -0.1) is 0 Å². The van der Waals surface area contributed by atoms with Crippen molar-refractivity contribution in [3.05, 3.63) is 41.7 Å². The summed E-state index contributed by atoms with van der Waals surface area (Å²) in [5, 5.41) is 4.25. The fourth-order valence-electron chi connectivity index (χ4n) is 2.63. The topological polar surface area (TPSA) is 63.9 Å². The van der Waals surface area contributed by atoms with Gasteiger partial charge in [0.15, 0.2) is 0 Å². The lowest BCUT2D eigenvalue weighted by atomic mass is 10.3. The van der Waals surface area contributed by atoms with Crippen molar-refractivity contribution in [2.75, 3.05) is 13.1 Å². The molecule has 0 N–H and O–H groups in total. The number of aryl methyl sites for hydroxylation is 2. The zero-order valence-electron chi connectivity index (χ0n) is 11.7. The smallest absolute Gasteiger partial charge is 0.272 e. The normalized spacial score (nSPS) is 18.5. The standard InChI is InChI=1S/C14H17N5O/c1-10-8-13(17-11(2)16-10)14(20)18-7-4-12(9-18)19-6-3-5-15-19/h3,5-6,8,12H,4,7,9H2,1-2H3. The van der Waals surface area contributed by atoms with E-state index in [-0.39, 0.29) is 11.9 Å². The lowest BCUT2D eigenvalue weighted by Crippen LogP contribution is -2.30. The predicted molar refractivity (Wildman–Crippen MR) is 73.3 cm³/mol. The third kappa shape index (κ3) is 2.41. The van der Waals surface area contributed by atoms with E-state index >= 15 is 0 Å². The molecular formula is C14H17N5O. The molecule has 104 valence electrons. The molecule has 1 atom stereocenters. The summed E-state index contributed by atoms with van der Waals surface area (Å²) in [6.07, 6.45) is 4.63. The number of hydrogen-bond donors (Lipinski definition) is 0. The molecule has 1 unspecified atom stereocenters. The van der Waals surface area contributed by atoms with Crippen LogP contribution in [0.1, 0.15) is 34.5 Å². The van der Waals surface area contributed by atoms with E-state index in [1.165, 1.54) is 0 Å². The number of hydrogen-bond acceptors (Lipinski definition) is 4. The molecular weight excluding hydrogens is 254 g/mol. The molecule has 1 aliphatic rings. The van der Waals surface area contributed by atoms with Crippen LogP contribution in [0.15, 0.2) is 24.5 Å². The van der Waals surface area contributed by atoms with E-state index in [2.05, 4.69) is 15.1 Å². The van der Waals surface area contributed by atoms with Crippen LogP contribution in [0.3, 0.4) is 0 Å². The van der Waals surface area contributed by atoms with Crippen molar-refractivity contribution in [1.82, 2.24) is 24.6 Å². The zero-order chi connectivity index (χ0) is 14.1. The number of nitrogens with zero attached hydrogens (tertiary/aromatic N) is 5. The molecule has 3 rings (SSSR count). The average Bonchev–Trinajstić information content (AvgIpc) is 3.07. The lowest BCUT2D eigenvalue weighted by molar-refractivity contribution is 0.0780. The van der Waals surface area contributed by atoms with Crippen molar-refractivity contribution in [2.45, 2.75) is 26.3 Å². The first-order valence-corrected chi connectivity index (χ1v) is 6.74. The van der Waals surface area contributed by atoms with E-state index in [0.717, 1.165) is 18.7 Å². The first-order chi connectivity index (χ1) is 9.63. The molecule has 20 heavy (non-hydrogen) atoms. The van der Waals surface area contributed by atoms with Gasteiger partial charge in [0.1, 0.15) is 11.5 Å². The highest BCUT2D eigenvalue weighted by molar-refractivity contribution is 5.92. The van der Waals surface area contributed by atoms with Gasteiger partial charge >= 0.3 is 0 Å². The summed E-state index contributed by atoms with van der Waals surface area (Å²) < 4.78 is 1.92. The number of carbonyl (C=O) groups excluding carboxylic acids is 1. The summed E-state index contributed by atoms with van der Waals surface area (Å²) >= 11 is 0. The van der Waals surface area contributed by atoms with Crippen LogP contribution in [-0.4, -0.2) is 43.6 Å². The summed E-state index contributed by atoms with van der Waals surface area (Å²) in [4.78, 5) is 22.8. The van der Waals surface area contributed by atoms with Crippen LogP contribution in [0, 0.1) is 13.8 Å². The minimum Gasteiger partial charge on any atom is -0.335 e. The molecule has 1 amide bonds. The highest BCUT2D eigenvalue weighted by Gasteiger charge is 2.29. The Balaban J connectivity index is 1.75. The quantitative estimate of drug-likeness (QED) is 0.827. The molecule has 1 aliphatic heterocycles. The summed E-state index contributed by atoms with van der Waals surface area (Å²) in [7, 11) is 0. The average molecular weight is 271 g/mol. The van der Waals surface area contributed by atoms with Crippen LogP contribution in [0.5, 0.6) is 0 Å². The fraction of sp³-hybridized carbons (Fsp3) is 0.429. The van der Waals surface area contributed by atoms with Crippen LogP contribution >= 0.6 is 0 Å². The van der Waals surface area contributed by atoms with E-state index in [4.69, 9.17) is 0 Å². The summed E-state index contributed by atoms with van der Waals surface area (Å²) in [6, 6.07) is 3.91. The second kappa shape index (κ2) is 5.03. The molecule has 0 bridgehead atoms. The second-order valence-corrected chi connectivity index (χ2v) is 5.12. The molecule has 6 heteroatoms. The maximum atomic E-state index is 12.5. The van der Waals surface area contributed by atoms with Crippen LogP contribution in [0.25, 0.3) is 0 Å². The Morgan fingerprint density at radius 1 is 1.35 bits per heavy atom. The maximum absolute atomic E-state index is 12.5. The zero-order valence-corrected chi connectivity index (χ0v) is 11.7. The molecule has 2 aromatic heterocycles. The van der Waals surface area contributed by atoms with E-state index in [1.54, 1.807) is 19.2 Å². The van der Waals surface area contributed by atoms with Gasteiger partial charge in [-0.1, -0.05) is 0 Å². The number of aromatic nitrogens is 4. The van der Waals surface area contributed by atoms with E-state index < -0.39 is 0 Å². The van der Waals surface area contributed by atoms with Crippen LogP contribution < -0.4 is 0 Å². The van der Waals surface area contributed by atoms with Gasteiger partial charge in [-0.3, -0.25) is 9.48 Å². The van der Waals surface area contributed by atoms with Gasteiger partial charge in [-0.2, -0.15) is 5.10 Å². The van der Waals surface area contributed by atoms with E-state index in [9.17, 15) is 4.79 Å². The van der Waals surface area contributed by atoms with Gasteiger partial charge in [-0.25, -0.2) is 9.97 Å². The largest absolute Gasteiger partial charge is 0.335 e. The van der Waals surface area contributed by atoms with Gasteiger partial charge in [-0.05, 0) is 32.4 Å². The first-order valence-electron chi connectivity index (χ1n) is 6.74. The predicted octanol–water partition coefficient (Wildman–Crippen LogP) is 1.38. The van der Waals surface area contributed by atoms with Crippen molar-refractivity contribution in [1.29, 1.82) is 0 Å². The molecule has 1 saturated heterocycles. The number of amides is 1. The van der Waals surface area contributed by atoms with E-state index in [1.807, 2.05) is 28.8 Å². The Morgan fingerprint density at radius 2 is 2.20 bits per heavy atom. The molecule has 1 fully saturated rings. The molecule has 2 aromatic rings. The van der Waals surface area contributed by atoms with Crippen molar-refractivity contribution in [2.24, 2.45) is 0 Å². The van der Waals surface area contributed by atoms with Gasteiger partial charge in [0, 0.05) is 31.2 Å². The van der Waals surface area contributed by atoms with Gasteiger partial charge in [0.05, 0.1) is 6.04 Å². The molecule has 0 radical (unpaired) electrons. The van der Waals surface area contributed by atoms with Crippen molar-refractivity contribution in [3.8, 4) is 0 Å². The van der Waals surface area contributed by atoms with Crippen molar-refractivity contribution in [3.63, 3.8) is 0 Å². The Kier molecular flexibility index (Phi) is 3.22. The number of rotatable bonds is 2. The van der Waals surface area contributed by atoms with Gasteiger partial charge in [0.25, 0.3) is 5.91 Å². The fourth-order valence-corrected chi connectivity index (χ4v) is 2.63.